The molecule has 2 saturated heterocycles. The topological polar surface area (TPSA) is 32.8 Å². The standard InChI is InChI=1S/C15H26N2O2/c1-19-13-6-11-16(12-13)14(18)15(7-2-3-8-15)17-9-4-5-10-17/h13H,2-12H2,1H3/t13-/m0/s1. The third-order valence-corrected chi connectivity index (χ3v) is 5.31. The van der Waals surface area contributed by atoms with Crippen molar-refractivity contribution >= 4 is 5.91 Å². The van der Waals surface area contributed by atoms with Gasteiger partial charge in [-0.25, -0.2) is 0 Å². The zero-order valence-corrected chi connectivity index (χ0v) is 12.1. The number of methoxy groups -OCH3 is 1. The number of amides is 1. The lowest BCUT2D eigenvalue weighted by atomic mass is 9.93. The van der Waals surface area contributed by atoms with E-state index in [-0.39, 0.29) is 11.6 Å². The van der Waals surface area contributed by atoms with Crippen LogP contribution in [0.25, 0.3) is 0 Å². The van der Waals surface area contributed by atoms with E-state index in [9.17, 15) is 4.79 Å². The third kappa shape index (κ3) is 2.29. The maximum Gasteiger partial charge on any atom is 0.243 e. The number of likely N-dealkylation sites (tertiary alicyclic amines) is 2. The highest BCUT2D eigenvalue weighted by molar-refractivity contribution is 5.87. The van der Waals surface area contributed by atoms with Crippen molar-refractivity contribution in [3.63, 3.8) is 0 Å². The zero-order chi connectivity index (χ0) is 13.3. The molecule has 0 aromatic carbocycles. The van der Waals surface area contributed by atoms with Crippen LogP contribution in [-0.2, 0) is 9.53 Å². The normalized spacial score (nSPS) is 31.2. The van der Waals surface area contributed by atoms with Gasteiger partial charge in [-0.2, -0.15) is 0 Å². The minimum atomic E-state index is -0.154. The fourth-order valence-corrected chi connectivity index (χ4v) is 4.17. The van der Waals surface area contributed by atoms with Crippen LogP contribution in [0.1, 0.15) is 44.9 Å². The molecule has 0 aromatic heterocycles. The first-order valence-electron chi connectivity index (χ1n) is 7.83. The molecule has 3 aliphatic rings. The van der Waals surface area contributed by atoms with E-state index in [0.717, 1.165) is 45.4 Å². The van der Waals surface area contributed by atoms with Gasteiger partial charge in [-0.1, -0.05) is 12.8 Å². The van der Waals surface area contributed by atoms with Gasteiger partial charge in [0.2, 0.25) is 5.91 Å². The Kier molecular flexibility index (Phi) is 3.81. The third-order valence-electron chi connectivity index (χ3n) is 5.31. The van der Waals surface area contributed by atoms with E-state index in [1.807, 2.05) is 0 Å². The van der Waals surface area contributed by atoms with Gasteiger partial charge >= 0.3 is 0 Å². The molecule has 19 heavy (non-hydrogen) atoms. The van der Waals surface area contributed by atoms with Gasteiger partial charge in [0.15, 0.2) is 0 Å². The van der Waals surface area contributed by atoms with Gasteiger partial charge in [-0.05, 0) is 45.2 Å². The minimum absolute atomic E-state index is 0.154. The zero-order valence-electron chi connectivity index (χ0n) is 12.1. The molecule has 3 fully saturated rings. The van der Waals surface area contributed by atoms with Gasteiger partial charge < -0.3 is 9.64 Å². The van der Waals surface area contributed by atoms with Crippen LogP contribution in [0.2, 0.25) is 0 Å². The lowest BCUT2D eigenvalue weighted by molar-refractivity contribution is -0.143. The SMILES string of the molecule is CO[C@H]1CCN(C(=O)C2(N3CCCC3)CCCC2)C1. The van der Waals surface area contributed by atoms with Crippen molar-refractivity contribution in [1.29, 1.82) is 0 Å². The molecule has 1 amide bonds. The quantitative estimate of drug-likeness (QED) is 0.778. The molecule has 0 spiro atoms. The van der Waals surface area contributed by atoms with Gasteiger partial charge in [0, 0.05) is 20.2 Å². The molecule has 2 aliphatic heterocycles. The first-order valence-corrected chi connectivity index (χ1v) is 7.83. The van der Waals surface area contributed by atoms with E-state index in [2.05, 4.69) is 9.80 Å². The van der Waals surface area contributed by atoms with Gasteiger partial charge in [0.25, 0.3) is 0 Å². The molecular weight excluding hydrogens is 240 g/mol. The molecule has 0 radical (unpaired) electrons. The highest BCUT2D eigenvalue weighted by Crippen LogP contribution is 2.39. The molecule has 4 nitrogen and oxygen atoms in total. The van der Waals surface area contributed by atoms with E-state index in [1.165, 1.54) is 25.7 Å². The number of ether oxygens (including phenoxy) is 1. The molecule has 4 heteroatoms. The summed E-state index contributed by atoms with van der Waals surface area (Å²) in [5, 5.41) is 0. The number of carbonyl (C=O) groups excluding carboxylic acids is 1. The average molecular weight is 266 g/mol. The molecule has 0 aromatic rings. The van der Waals surface area contributed by atoms with E-state index in [0.29, 0.717) is 5.91 Å². The first-order chi connectivity index (χ1) is 9.26. The summed E-state index contributed by atoms with van der Waals surface area (Å²) in [5.74, 6) is 0.395. The predicted octanol–water partition coefficient (Wildman–Crippen LogP) is 1.64. The van der Waals surface area contributed by atoms with E-state index in [4.69, 9.17) is 4.74 Å². The van der Waals surface area contributed by atoms with Crippen LogP contribution in [0.3, 0.4) is 0 Å². The predicted molar refractivity (Wildman–Crippen MR) is 74.0 cm³/mol. The van der Waals surface area contributed by atoms with E-state index >= 15 is 0 Å². The van der Waals surface area contributed by atoms with Gasteiger partial charge in [-0.15, -0.1) is 0 Å². The fraction of sp³-hybridized carbons (Fsp3) is 0.933. The summed E-state index contributed by atoms with van der Waals surface area (Å²) in [5.41, 5.74) is -0.154. The maximum atomic E-state index is 13.0. The van der Waals surface area contributed by atoms with Crippen molar-refractivity contribution in [2.75, 3.05) is 33.3 Å². The summed E-state index contributed by atoms with van der Waals surface area (Å²) in [6, 6.07) is 0. The summed E-state index contributed by atoms with van der Waals surface area (Å²) in [7, 11) is 1.75. The highest BCUT2D eigenvalue weighted by atomic mass is 16.5. The monoisotopic (exact) mass is 266 g/mol. The van der Waals surface area contributed by atoms with Gasteiger partial charge in [-0.3, -0.25) is 9.69 Å². The number of carbonyl (C=O) groups is 1. The van der Waals surface area contributed by atoms with Crippen molar-refractivity contribution in [1.82, 2.24) is 9.80 Å². The van der Waals surface area contributed by atoms with Crippen molar-refractivity contribution in [2.24, 2.45) is 0 Å². The Hall–Kier alpha value is -0.610. The molecular formula is C15H26N2O2. The van der Waals surface area contributed by atoms with Crippen molar-refractivity contribution in [3.05, 3.63) is 0 Å². The molecule has 0 bridgehead atoms. The van der Waals surface area contributed by atoms with Crippen LogP contribution in [0.5, 0.6) is 0 Å². The Morgan fingerprint density at radius 2 is 1.79 bits per heavy atom. The second-order valence-electron chi connectivity index (χ2n) is 6.33. The summed E-state index contributed by atoms with van der Waals surface area (Å²) >= 11 is 0. The second kappa shape index (κ2) is 5.41. The summed E-state index contributed by atoms with van der Waals surface area (Å²) < 4.78 is 5.41. The van der Waals surface area contributed by atoms with Crippen molar-refractivity contribution in [3.8, 4) is 0 Å². The number of hydrogen-bond acceptors (Lipinski definition) is 3. The largest absolute Gasteiger partial charge is 0.380 e. The fourth-order valence-electron chi connectivity index (χ4n) is 4.17. The van der Waals surface area contributed by atoms with Gasteiger partial charge in [0.05, 0.1) is 6.10 Å². The Morgan fingerprint density at radius 3 is 2.37 bits per heavy atom. The lowest BCUT2D eigenvalue weighted by Gasteiger charge is -2.40. The molecule has 0 unspecified atom stereocenters. The molecule has 1 saturated carbocycles. The summed E-state index contributed by atoms with van der Waals surface area (Å²) in [6.45, 7) is 3.92. The van der Waals surface area contributed by atoms with Gasteiger partial charge in [0.1, 0.15) is 5.54 Å². The van der Waals surface area contributed by atoms with Crippen LogP contribution in [0, 0.1) is 0 Å². The first kappa shape index (κ1) is 13.4. The molecule has 0 N–H and O–H groups in total. The molecule has 2 heterocycles. The summed E-state index contributed by atoms with van der Waals surface area (Å²) in [4.78, 5) is 17.6. The van der Waals surface area contributed by atoms with Crippen LogP contribution in [-0.4, -0.2) is 60.6 Å². The van der Waals surface area contributed by atoms with Crippen LogP contribution >= 0.6 is 0 Å². The van der Waals surface area contributed by atoms with Crippen LogP contribution < -0.4 is 0 Å². The molecule has 1 aliphatic carbocycles. The van der Waals surface area contributed by atoms with Crippen LogP contribution in [0.15, 0.2) is 0 Å². The van der Waals surface area contributed by atoms with Crippen molar-refractivity contribution < 1.29 is 9.53 Å². The number of nitrogens with zero attached hydrogens (tertiary/aromatic N) is 2. The Bertz CT molecular complexity index is 333. The maximum absolute atomic E-state index is 13.0. The molecule has 1 atom stereocenters. The Balaban J connectivity index is 1.74. The minimum Gasteiger partial charge on any atom is -0.380 e. The Morgan fingerprint density at radius 1 is 1.11 bits per heavy atom. The Labute approximate surface area is 116 Å². The molecule has 108 valence electrons. The number of rotatable bonds is 3. The molecule has 3 rings (SSSR count). The second-order valence-corrected chi connectivity index (χ2v) is 6.33. The lowest BCUT2D eigenvalue weighted by Crippen LogP contribution is -2.57. The highest BCUT2D eigenvalue weighted by Gasteiger charge is 2.49. The average Bonchev–Trinajstić information content (AvgIpc) is 3.17. The smallest absolute Gasteiger partial charge is 0.243 e. The number of hydrogen-bond donors (Lipinski definition) is 0. The van der Waals surface area contributed by atoms with E-state index < -0.39 is 0 Å². The summed E-state index contributed by atoms with van der Waals surface area (Å²) in [6.07, 6.45) is 8.33. The van der Waals surface area contributed by atoms with E-state index in [1.54, 1.807) is 7.11 Å². The van der Waals surface area contributed by atoms with Crippen LogP contribution in [0.4, 0.5) is 0 Å². The van der Waals surface area contributed by atoms with Crippen molar-refractivity contribution in [2.45, 2.75) is 56.6 Å².